The molecule has 0 spiro atoms. The Hall–Kier alpha value is -1.27. The summed E-state index contributed by atoms with van der Waals surface area (Å²) in [5, 5.41) is 17.0. The van der Waals surface area contributed by atoms with Gasteiger partial charge in [0, 0.05) is 0 Å². The van der Waals surface area contributed by atoms with Crippen molar-refractivity contribution in [1.82, 2.24) is 0 Å². The third-order valence-corrected chi connectivity index (χ3v) is 2.45. The van der Waals surface area contributed by atoms with Gasteiger partial charge in [0.25, 0.3) is 0 Å². The lowest BCUT2D eigenvalue weighted by atomic mass is 9.75. The summed E-state index contributed by atoms with van der Waals surface area (Å²) in [6.07, 6.45) is -5.80. The lowest BCUT2D eigenvalue weighted by Crippen LogP contribution is -2.43. The van der Waals surface area contributed by atoms with Crippen LogP contribution in [0, 0.1) is 11.3 Å². The van der Waals surface area contributed by atoms with Crippen LogP contribution in [0.5, 0.6) is 0 Å². The third kappa shape index (κ3) is 3.10. The minimum atomic E-state index is -4.73. The van der Waals surface area contributed by atoms with E-state index in [1.54, 1.807) is 0 Å². The summed E-state index contributed by atoms with van der Waals surface area (Å²) in [7, 11) is 0. The largest absolute Gasteiger partial charge is 0.481 e. The van der Waals surface area contributed by atoms with Crippen molar-refractivity contribution in [3.05, 3.63) is 0 Å². The molecule has 15 heavy (non-hydrogen) atoms. The maximum absolute atomic E-state index is 12.3. The normalized spacial score (nSPS) is 17.9. The van der Waals surface area contributed by atoms with Crippen LogP contribution in [0.1, 0.15) is 20.3 Å². The van der Waals surface area contributed by atoms with Crippen LogP contribution in [-0.4, -0.2) is 28.3 Å². The van der Waals surface area contributed by atoms with Crippen molar-refractivity contribution in [2.75, 3.05) is 0 Å². The first-order chi connectivity index (χ1) is 6.51. The van der Waals surface area contributed by atoms with Crippen LogP contribution in [0.4, 0.5) is 13.2 Å². The molecule has 0 bridgehead atoms. The van der Waals surface area contributed by atoms with Crippen LogP contribution in [0.25, 0.3) is 0 Å². The monoisotopic (exact) mass is 228 g/mol. The van der Waals surface area contributed by atoms with E-state index < -0.39 is 35.9 Å². The highest BCUT2D eigenvalue weighted by Crippen LogP contribution is 2.42. The van der Waals surface area contributed by atoms with E-state index in [4.69, 9.17) is 10.2 Å². The van der Waals surface area contributed by atoms with Gasteiger partial charge < -0.3 is 10.2 Å². The maximum Gasteiger partial charge on any atom is 0.392 e. The van der Waals surface area contributed by atoms with Gasteiger partial charge in [0.15, 0.2) is 0 Å². The van der Waals surface area contributed by atoms with E-state index in [0.717, 1.165) is 6.92 Å². The molecule has 0 saturated carbocycles. The molecule has 2 N–H and O–H groups in total. The fourth-order valence-corrected chi connectivity index (χ4v) is 1.09. The van der Waals surface area contributed by atoms with Crippen LogP contribution in [0.3, 0.4) is 0 Å². The molecule has 0 radical (unpaired) electrons. The topological polar surface area (TPSA) is 74.6 Å². The predicted octanol–water partition coefficient (Wildman–Crippen LogP) is 1.75. The molecule has 0 heterocycles. The summed E-state index contributed by atoms with van der Waals surface area (Å²) in [5.74, 6) is -5.57. The Kier molecular flexibility index (Phi) is 3.73. The smallest absolute Gasteiger partial charge is 0.392 e. The van der Waals surface area contributed by atoms with Gasteiger partial charge in [-0.3, -0.25) is 9.59 Å². The van der Waals surface area contributed by atoms with Gasteiger partial charge in [-0.15, -0.1) is 0 Å². The van der Waals surface area contributed by atoms with Crippen molar-refractivity contribution >= 4 is 11.9 Å². The SMILES string of the molecule is CC(C(F)(F)F)C(C)(CC(=O)O)C(=O)O. The molecule has 0 saturated heterocycles. The molecular weight excluding hydrogens is 217 g/mol. The van der Waals surface area contributed by atoms with E-state index in [1.165, 1.54) is 0 Å². The van der Waals surface area contributed by atoms with Gasteiger partial charge in [-0.1, -0.05) is 6.92 Å². The second-order valence-electron chi connectivity index (χ2n) is 3.56. The van der Waals surface area contributed by atoms with Crippen LogP contribution in [-0.2, 0) is 9.59 Å². The highest BCUT2D eigenvalue weighted by Gasteiger charge is 2.53. The number of alkyl halides is 3. The zero-order valence-electron chi connectivity index (χ0n) is 8.13. The molecular formula is C8H11F3O4. The Bertz CT molecular complexity index is 274. The zero-order chi connectivity index (χ0) is 12.4. The first-order valence-electron chi connectivity index (χ1n) is 4.03. The molecule has 0 aliphatic heterocycles. The summed E-state index contributed by atoms with van der Waals surface area (Å²) in [5.41, 5.74) is -2.34. The molecule has 0 rings (SSSR count). The first-order valence-corrected chi connectivity index (χ1v) is 4.03. The van der Waals surface area contributed by atoms with E-state index in [1.807, 2.05) is 0 Å². The lowest BCUT2D eigenvalue weighted by Gasteiger charge is -2.31. The Balaban J connectivity index is 5.12. The van der Waals surface area contributed by atoms with Gasteiger partial charge >= 0.3 is 18.1 Å². The molecule has 88 valence electrons. The third-order valence-electron chi connectivity index (χ3n) is 2.45. The molecule has 7 heteroatoms. The summed E-state index contributed by atoms with van der Waals surface area (Å²) in [6, 6.07) is 0. The van der Waals surface area contributed by atoms with Gasteiger partial charge in [-0.05, 0) is 6.92 Å². The molecule has 0 fully saturated rings. The zero-order valence-corrected chi connectivity index (χ0v) is 8.13. The minimum Gasteiger partial charge on any atom is -0.481 e. The van der Waals surface area contributed by atoms with Crippen molar-refractivity contribution in [2.45, 2.75) is 26.4 Å². The molecule has 0 aromatic heterocycles. The quantitative estimate of drug-likeness (QED) is 0.768. The number of halogens is 3. The predicted molar refractivity (Wildman–Crippen MR) is 43.2 cm³/mol. The van der Waals surface area contributed by atoms with Gasteiger partial charge in [-0.2, -0.15) is 13.2 Å². The Labute approximate surface area is 83.7 Å². The Morgan fingerprint density at radius 3 is 1.87 bits per heavy atom. The Morgan fingerprint density at radius 1 is 1.27 bits per heavy atom. The van der Waals surface area contributed by atoms with Gasteiger partial charge in [0.1, 0.15) is 0 Å². The van der Waals surface area contributed by atoms with Gasteiger partial charge in [-0.25, -0.2) is 0 Å². The average molecular weight is 228 g/mol. The van der Waals surface area contributed by atoms with E-state index in [9.17, 15) is 22.8 Å². The number of carboxylic acid groups (broad SMARTS) is 2. The van der Waals surface area contributed by atoms with Crippen LogP contribution < -0.4 is 0 Å². The molecule has 0 amide bonds. The van der Waals surface area contributed by atoms with Crippen LogP contribution in [0.15, 0.2) is 0 Å². The fraction of sp³-hybridized carbons (Fsp3) is 0.750. The van der Waals surface area contributed by atoms with Crippen molar-refractivity contribution in [2.24, 2.45) is 11.3 Å². The van der Waals surface area contributed by atoms with E-state index in [0.29, 0.717) is 6.92 Å². The second-order valence-corrected chi connectivity index (χ2v) is 3.56. The molecule has 0 aromatic carbocycles. The number of aliphatic carboxylic acids is 2. The van der Waals surface area contributed by atoms with Crippen LogP contribution >= 0.6 is 0 Å². The van der Waals surface area contributed by atoms with E-state index in [-0.39, 0.29) is 0 Å². The minimum absolute atomic E-state index is 0.664. The molecule has 2 unspecified atom stereocenters. The van der Waals surface area contributed by atoms with E-state index >= 15 is 0 Å². The molecule has 2 atom stereocenters. The second kappa shape index (κ2) is 4.08. The molecule has 0 aliphatic carbocycles. The fourth-order valence-electron chi connectivity index (χ4n) is 1.09. The summed E-state index contributed by atoms with van der Waals surface area (Å²) in [4.78, 5) is 21.0. The highest BCUT2D eigenvalue weighted by molar-refractivity contribution is 5.81. The van der Waals surface area contributed by atoms with Crippen molar-refractivity contribution < 1.29 is 33.0 Å². The number of carbonyl (C=O) groups is 2. The number of hydrogen-bond acceptors (Lipinski definition) is 2. The van der Waals surface area contributed by atoms with Gasteiger partial charge in [0.05, 0.1) is 17.8 Å². The van der Waals surface area contributed by atoms with Crippen molar-refractivity contribution in [3.8, 4) is 0 Å². The van der Waals surface area contributed by atoms with Crippen LogP contribution in [0.2, 0.25) is 0 Å². The molecule has 0 aromatic rings. The van der Waals surface area contributed by atoms with Crippen molar-refractivity contribution in [1.29, 1.82) is 0 Å². The van der Waals surface area contributed by atoms with E-state index in [2.05, 4.69) is 0 Å². The standard InChI is InChI=1S/C8H11F3O4/c1-4(8(9,10)11)7(2,6(14)15)3-5(12)13/h4H,3H2,1-2H3,(H,12,13)(H,14,15). The molecule has 0 aliphatic rings. The number of rotatable bonds is 4. The summed E-state index contributed by atoms with van der Waals surface area (Å²) >= 11 is 0. The Morgan fingerprint density at radius 2 is 1.67 bits per heavy atom. The highest BCUT2D eigenvalue weighted by atomic mass is 19.4. The molecule has 4 nitrogen and oxygen atoms in total. The van der Waals surface area contributed by atoms with Gasteiger partial charge in [0.2, 0.25) is 0 Å². The lowest BCUT2D eigenvalue weighted by molar-refractivity contribution is -0.210. The average Bonchev–Trinajstić information content (AvgIpc) is 1.99. The number of hydrogen-bond donors (Lipinski definition) is 2. The summed E-state index contributed by atoms with van der Waals surface area (Å²) in [6.45, 7) is 1.44. The first kappa shape index (κ1) is 13.7. The summed E-state index contributed by atoms with van der Waals surface area (Å²) < 4.78 is 36.9. The maximum atomic E-state index is 12.3. The number of carboxylic acids is 2. The van der Waals surface area contributed by atoms with Crippen molar-refractivity contribution in [3.63, 3.8) is 0 Å².